The first kappa shape index (κ1) is 6.02. The topological polar surface area (TPSA) is 26.0 Å². The quantitative estimate of drug-likeness (QED) is 0.501. The third-order valence-electron chi connectivity index (χ3n) is 1.48. The Balaban J connectivity index is 2.86. The summed E-state index contributed by atoms with van der Waals surface area (Å²) in [5.74, 6) is 0. The third kappa shape index (κ3) is 0.859. The van der Waals surface area contributed by atoms with Gasteiger partial charge in [0.25, 0.3) is 0 Å². The molecule has 1 aromatic heterocycles. The number of fused-ring (bicyclic) bond motifs is 1. The molecule has 0 radical (unpaired) electrons. The number of rotatable bonds is 0. The molecule has 0 spiro atoms. The van der Waals surface area contributed by atoms with Crippen molar-refractivity contribution in [2.24, 2.45) is 0 Å². The summed E-state index contributed by atoms with van der Waals surface area (Å²) in [5.41, 5.74) is 6.49. The number of hydrogen-bond donors (Lipinski definition) is 1. The van der Waals surface area contributed by atoms with Gasteiger partial charge in [-0.1, -0.05) is 0 Å². The van der Waals surface area contributed by atoms with Crippen LogP contribution in [0.4, 0.5) is 5.69 Å². The van der Waals surface area contributed by atoms with Gasteiger partial charge in [-0.15, -0.1) is 0 Å². The van der Waals surface area contributed by atoms with E-state index < -0.39 is 0 Å². The fourth-order valence-electron chi connectivity index (χ4n) is 0.971. The minimum absolute atomic E-state index is 0.532. The van der Waals surface area contributed by atoms with E-state index in [1.165, 1.54) is 9.65 Å². The number of benzene rings is 1. The second-order valence-corrected chi connectivity index (χ2v) is 4.21. The van der Waals surface area contributed by atoms with Crippen molar-refractivity contribution in [1.29, 1.82) is 0 Å². The average molecular weight is 196 g/mol. The first-order valence-electron chi connectivity index (χ1n) is 3.09. The van der Waals surface area contributed by atoms with Crippen LogP contribution in [0.25, 0.3) is 9.65 Å². The minimum atomic E-state index is 0.532. The predicted molar refractivity (Wildman–Crippen MR) is 45.3 cm³/mol. The number of anilines is 1. The van der Waals surface area contributed by atoms with Crippen LogP contribution in [0.1, 0.15) is 0 Å². The molecule has 0 aliphatic heterocycles. The SMILES string of the molecule is Nc1ccc2cc[se]c2c1. The molecule has 0 aliphatic rings. The van der Waals surface area contributed by atoms with Gasteiger partial charge in [0, 0.05) is 0 Å². The van der Waals surface area contributed by atoms with E-state index in [0.29, 0.717) is 14.5 Å². The molecule has 10 heavy (non-hydrogen) atoms. The van der Waals surface area contributed by atoms with E-state index in [9.17, 15) is 0 Å². The van der Waals surface area contributed by atoms with Crippen LogP contribution in [0.3, 0.4) is 0 Å². The second-order valence-electron chi connectivity index (χ2n) is 2.22. The van der Waals surface area contributed by atoms with Crippen molar-refractivity contribution in [3.8, 4) is 0 Å². The van der Waals surface area contributed by atoms with Crippen molar-refractivity contribution in [2.75, 3.05) is 5.73 Å². The Morgan fingerprint density at radius 2 is 2.10 bits per heavy atom. The normalized spacial score (nSPS) is 10.4. The standard InChI is InChI=1S/C8H7NSe/c9-7-2-1-6-3-4-10-8(6)5-7/h1-5H,9H2. The Labute approximate surface area is 65.2 Å². The zero-order valence-electron chi connectivity index (χ0n) is 5.37. The van der Waals surface area contributed by atoms with Gasteiger partial charge >= 0.3 is 64.8 Å². The maximum atomic E-state index is 5.61. The molecule has 0 saturated heterocycles. The van der Waals surface area contributed by atoms with Gasteiger partial charge in [0.2, 0.25) is 0 Å². The van der Waals surface area contributed by atoms with Crippen LogP contribution in [0, 0.1) is 0 Å². The Morgan fingerprint density at radius 3 is 3.00 bits per heavy atom. The van der Waals surface area contributed by atoms with E-state index in [4.69, 9.17) is 5.73 Å². The Kier molecular flexibility index (Phi) is 1.30. The maximum absolute atomic E-state index is 5.61. The first-order chi connectivity index (χ1) is 4.86. The third-order valence-corrected chi connectivity index (χ3v) is 3.33. The molecule has 0 amide bonds. The van der Waals surface area contributed by atoms with Crippen LogP contribution < -0.4 is 5.73 Å². The van der Waals surface area contributed by atoms with Crippen molar-refractivity contribution >= 4 is 29.8 Å². The Morgan fingerprint density at radius 1 is 1.20 bits per heavy atom. The zero-order valence-corrected chi connectivity index (χ0v) is 7.09. The van der Waals surface area contributed by atoms with Crippen LogP contribution in [-0.4, -0.2) is 14.5 Å². The van der Waals surface area contributed by atoms with Crippen molar-refractivity contribution in [3.05, 3.63) is 29.2 Å². The molecule has 0 fully saturated rings. The van der Waals surface area contributed by atoms with Crippen molar-refractivity contribution < 1.29 is 0 Å². The second kappa shape index (κ2) is 2.15. The van der Waals surface area contributed by atoms with Gasteiger partial charge in [0.15, 0.2) is 0 Å². The van der Waals surface area contributed by atoms with E-state index in [1.807, 2.05) is 6.07 Å². The number of nitrogens with two attached hydrogens (primary N) is 1. The van der Waals surface area contributed by atoms with E-state index in [0.717, 1.165) is 5.69 Å². The molecule has 1 aromatic carbocycles. The molecule has 0 unspecified atom stereocenters. The summed E-state index contributed by atoms with van der Waals surface area (Å²) in [4.78, 5) is 2.22. The fourth-order valence-corrected chi connectivity index (χ4v) is 2.73. The molecule has 2 rings (SSSR count). The number of nitrogen functional groups attached to an aromatic ring is 1. The van der Waals surface area contributed by atoms with Gasteiger partial charge in [-0.3, -0.25) is 0 Å². The molecule has 0 atom stereocenters. The molecule has 1 heterocycles. The van der Waals surface area contributed by atoms with Gasteiger partial charge in [-0.25, -0.2) is 0 Å². The summed E-state index contributed by atoms with van der Waals surface area (Å²) in [6.07, 6.45) is 0. The molecule has 2 aromatic rings. The zero-order chi connectivity index (χ0) is 6.97. The number of hydrogen-bond acceptors (Lipinski definition) is 1. The predicted octanol–water partition coefficient (Wildman–Crippen LogP) is 1.48. The van der Waals surface area contributed by atoms with Gasteiger partial charge in [0.05, 0.1) is 0 Å². The molecule has 2 heteroatoms. The van der Waals surface area contributed by atoms with Crippen molar-refractivity contribution in [3.63, 3.8) is 0 Å². The van der Waals surface area contributed by atoms with Crippen molar-refractivity contribution in [1.82, 2.24) is 0 Å². The monoisotopic (exact) mass is 197 g/mol. The molecular weight excluding hydrogens is 189 g/mol. The van der Waals surface area contributed by atoms with Crippen LogP contribution in [0.15, 0.2) is 29.2 Å². The first-order valence-corrected chi connectivity index (χ1v) is 4.93. The summed E-state index contributed by atoms with van der Waals surface area (Å²) in [6.45, 7) is 0. The summed E-state index contributed by atoms with van der Waals surface area (Å²) >= 11 is 0.532. The van der Waals surface area contributed by atoms with Gasteiger partial charge in [-0.05, 0) is 0 Å². The van der Waals surface area contributed by atoms with E-state index >= 15 is 0 Å². The molecule has 1 nitrogen and oxygen atoms in total. The van der Waals surface area contributed by atoms with Gasteiger partial charge in [0.1, 0.15) is 0 Å². The van der Waals surface area contributed by atoms with Crippen LogP contribution >= 0.6 is 0 Å². The van der Waals surface area contributed by atoms with E-state index in [1.54, 1.807) is 0 Å². The average Bonchev–Trinajstić information content (AvgIpc) is 2.33. The molecule has 0 bridgehead atoms. The molecular formula is C8H7NSe. The molecule has 50 valence electrons. The molecule has 0 saturated carbocycles. The van der Waals surface area contributed by atoms with Crippen molar-refractivity contribution in [2.45, 2.75) is 0 Å². The summed E-state index contributed by atoms with van der Waals surface area (Å²) in [6, 6.07) is 8.25. The van der Waals surface area contributed by atoms with Crippen LogP contribution in [0.2, 0.25) is 0 Å². The van der Waals surface area contributed by atoms with E-state index in [2.05, 4.69) is 23.1 Å². The molecule has 2 N–H and O–H groups in total. The summed E-state index contributed by atoms with van der Waals surface area (Å²) < 4.78 is 1.41. The van der Waals surface area contributed by atoms with Crippen LogP contribution in [0.5, 0.6) is 0 Å². The fraction of sp³-hybridized carbons (Fsp3) is 0. The summed E-state index contributed by atoms with van der Waals surface area (Å²) in [7, 11) is 0. The Bertz CT molecular complexity index is 351. The van der Waals surface area contributed by atoms with Gasteiger partial charge < -0.3 is 0 Å². The van der Waals surface area contributed by atoms with E-state index in [-0.39, 0.29) is 0 Å². The van der Waals surface area contributed by atoms with Crippen LogP contribution in [-0.2, 0) is 0 Å². The molecule has 0 aliphatic carbocycles. The van der Waals surface area contributed by atoms with Gasteiger partial charge in [-0.2, -0.15) is 0 Å². The Hall–Kier alpha value is -0.721. The summed E-state index contributed by atoms with van der Waals surface area (Å²) in [5, 5.41) is 1.34.